The average molecular weight is 457 g/mol. The average Bonchev–Trinajstić information content (AvgIpc) is 2.79. The summed E-state index contributed by atoms with van der Waals surface area (Å²) in [6.45, 7) is 4.20. The van der Waals surface area contributed by atoms with Crippen molar-refractivity contribution in [3.05, 3.63) is 42.0 Å². The van der Waals surface area contributed by atoms with Gasteiger partial charge in [0.05, 0.1) is 7.11 Å². The molecule has 0 fully saturated rings. The zero-order valence-electron chi connectivity index (χ0n) is 19.6. The molecule has 178 valence electrons. The van der Waals surface area contributed by atoms with Crippen molar-refractivity contribution in [1.82, 2.24) is 10.6 Å². The van der Waals surface area contributed by atoms with Gasteiger partial charge in [0.25, 0.3) is 0 Å². The van der Waals surface area contributed by atoms with Crippen LogP contribution >= 0.6 is 0 Å². The van der Waals surface area contributed by atoms with E-state index in [4.69, 9.17) is 14.1 Å². The Bertz CT molecular complexity index is 856. The van der Waals surface area contributed by atoms with Crippen LogP contribution in [0.1, 0.15) is 32.3 Å². The molecule has 0 saturated heterocycles. The number of nitrogens with one attached hydrogen (secondary N) is 2. The number of ether oxygens (including phenoxy) is 2. The van der Waals surface area contributed by atoms with Crippen molar-refractivity contribution in [3.8, 4) is 5.75 Å². The van der Waals surface area contributed by atoms with E-state index in [1.54, 1.807) is 12.2 Å². The number of nitrogens with zero attached hydrogens (tertiary/aromatic N) is 1. The molecular weight excluding hydrogens is 425 g/mol. The molecule has 0 unspecified atom stereocenters. The second kappa shape index (κ2) is 13.3. The van der Waals surface area contributed by atoms with Crippen molar-refractivity contribution >= 4 is 32.2 Å². The first kappa shape index (κ1) is 26.0. The van der Waals surface area contributed by atoms with E-state index in [1.807, 2.05) is 38.1 Å². The number of hydrogen-bond acceptors (Lipinski definition) is 7. The first-order chi connectivity index (χ1) is 15.8. The Morgan fingerprint density at radius 3 is 2.58 bits per heavy atom. The van der Waals surface area contributed by atoms with E-state index >= 15 is 0 Å². The Morgan fingerprint density at radius 1 is 1.21 bits per heavy atom. The van der Waals surface area contributed by atoms with E-state index in [-0.39, 0.29) is 12.3 Å². The summed E-state index contributed by atoms with van der Waals surface area (Å²) >= 11 is 0. The van der Waals surface area contributed by atoms with Crippen LogP contribution in [0.25, 0.3) is 0 Å². The van der Waals surface area contributed by atoms with Crippen molar-refractivity contribution in [2.75, 3.05) is 13.7 Å². The highest BCUT2D eigenvalue weighted by Crippen LogP contribution is 2.16. The van der Waals surface area contributed by atoms with E-state index in [9.17, 15) is 14.4 Å². The molecule has 2 heterocycles. The molecule has 2 N–H and O–H groups in total. The Kier molecular flexibility index (Phi) is 10.5. The summed E-state index contributed by atoms with van der Waals surface area (Å²) in [5.74, 6) is -0.649. The van der Waals surface area contributed by atoms with Gasteiger partial charge in [0, 0.05) is 6.42 Å². The lowest BCUT2D eigenvalue weighted by Gasteiger charge is -2.24. The zero-order valence-corrected chi connectivity index (χ0v) is 19.6. The van der Waals surface area contributed by atoms with E-state index in [1.165, 1.54) is 21.6 Å². The maximum absolute atomic E-state index is 13.1. The molecule has 2 bridgehead atoms. The van der Waals surface area contributed by atoms with Crippen LogP contribution in [0.2, 0.25) is 0 Å². The summed E-state index contributed by atoms with van der Waals surface area (Å²) in [6, 6.07) is 4.85. The highest BCUT2D eigenvalue weighted by atomic mass is 16.5. The second-order valence-electron chi connectivity index (χ2n) is 8.15. The van der Waals surface area contributed by atoms with Crippen LogP contribution in [0.4, 0.5) is 0 Å². The molecule has 1 aromatic carbocycles. The fourth-order valence-corrected chi connectivity index (χ4v) is 3.34. The highest BCUT2D eigenvalue weighted by molar-refractivity contribution is 6.02. The smallest absolute Gasteiger partial charge is 0.328 e. The lowest BCUT2D eigenvalue weighted by atomic mass is 10.0. The molecule has 9 nitrogen and oxygen atoms in total. The number of methoxy groups -OCH3 is 1. The van der Waals surface area contributed by atoms with Gasteiger partial charge in [-0.05, 0) is 36.5 Å². The minimum Gasteiger partial charge on any atom is -0.560 e. The fraction of sp³-hybridized carbons (Fsp3) is 0.478. The molecule has 2 amide bonds. The molecule has 3 atom stereocenters. The topological polar surface area (TPSA) is 115 Å². The quantitative estimate of drug-likeness (QED) is 0.221. The molecule has 0 spiro atoms. The standard InChI is InChI=1S/C23H32BN3O6/c1-15(2)12-20-22(29)26-18(23(30)31-3)6-4-5-11-32-17-9-7-16(8-10-17)13-19(21(28)27-20)25-14-33-24/h4-5,7-10,14-15,18-20H,6,11-13,24H2,1-3H3,(H,26,29)(H,27,28)/t18-,19-,20-/m0/s1. The van der Waals surface area contributed by atoms with Crippen LogP contribution in [0.3, 0.4) is 0 Å². The molecule has 33 heavy (non-hydrogen) atoms. The van der Waals surface area contributed by atoms with E-state index in [0.717, 1.165) is 5.56 Å². The van der Waals surface area contributed by atoms with Crippen LogP contribution in [-0.2, 0) is 30.2 Å². The zero-order chi connectivity index (χ0) is 24.2. The normalized spacial score (nSPS) is 22.4. The maximum Gasteiger partial charge on any atom is 0.328 e. The van der Waals surface area contributed by atoms with Gasteiger partial charge in [-0.1, -0.05) is 38.1 Å². The van der Waals surface area contributed by atoms with Crippen LogP contribution in [0.5, 0.6) is 5.75 Å². The number of carbonyl (C=O) groups is 3. The SMILES string of the molecule is BOC=N[C@H]1Cc2ccc(cc2)OCC=CC[C@@H](C(=O)OC)NC(=O)[C@H](CC(C)C)NC1=O. The molecule has 2 aliphatic heterocycles. The molecule has 0 aromatic heterocycles. The van der Waals surface area contributed by atoms with Crippen molar-refractivity contribution in [2.24, 2.45) is 10.9 Å². The number of aliphatic imine (C=N–C) groups is 1. The Balaban J connectivity index is 2.37. The van der Waals surface area contributed by atoms with Crippen molar-refractivity contribution in [1.29, 1.82) is 0 Å². The summed E-state index contributed by atoms with van der Waals surface area (Å²) < 4.78 is 15.4. The molecule has 2 aliphatic rings. The van der Waals surface area contributed by atoms with E-state index in [0.29, 0.717) is 25.2 Å². The number of amides is 2. The van der Waals surface area contributed by atoms with Gasteiger partial charge in [0.1, 0.15) is 30.5 Å². The second-order valence-corrected chi connectivity index (χ2v) is 8.15. The predicted octanol–water partition coefficient (Wildman–Crippen LogP) is 0.718. The number of rotatable bonds is 5. The van der Waals surface area contributed by atoms with E-state index in [2.05, 4.69) is 15.6 Å². The molecule has 0 aliphatic carbocycles. The molecule has 10 heteroatoms. The van der Waals surface area contributed by atoms with E-state index < -0.39 is 35.9 Å². The Hall–Kier alpha value is -3.30. The summed E-state index contributed by atoms with van der Waals surface area (Å²) in [6.07, 6.45) is 5.67. The third-order valence-electron chi connectivity index (χ3n) is 5.03. The highest BCUT2D eigenvalue weighted by Gasteiger charge is 2.29. The van der Waals surface area contributed by atoms with Gasteiger partial charge in [0.15, 0.2) is 6.40 Å². The molecule has 0 saturated carbocycles. The largest absolute Gasteiger partial charge is 0.560 e. The summed E-state index contributed by atoms with van der Waals surface area (Å²) in [7, 11) is 2.71. The third kappa shape index (κ3) is 8.63. The number of carbonyl (C=O) groups excluding carboxylic acids is 3. The third-order valence-corrected chi connectivity index (χ3v) is 5.03. The van der Waals surface area contributed by atoms with Crippen LogP contribution in [0, 0.1) is 5.92 Å². The Morgan fingerprint density at radius 2 is 1.94 bits per heavy atom. The van der Waals surface area contributed by atoms with Gasteiger partial charge in [-0.25, -0.2) is 9.79 Å². The minimum absolute atomic E-state index is 0.122. The first-order valence-corrected chi connectivity index (χ1v) is 10.9. The number of benzene rings is 1. The van der Waals surface area contributed by atoms with Crippen molar-refractivity contribution in [2.45, 2.75) is 51.2 Å². The number of esters is 1. The Labute approximate surface area is 195 Å². The van der Waals surface area contributed by atoms with Crippen LogP contribution in [-0.4, -0.2) is 64.1 Å². The van der Waals surface area contributed by atoms with Crippen LogP contribution in [0.15, 0.2) is 41.4 Å². The van der Waals surface area contributed by atoms with Gasteiger partial charge in [0.2, 0.25) is 11.8 Å². The number of hydrogen-bond donors (Lipinski definition) is 2. The van der Waals surface area contributed by atoms with Gasteiger partial charge in [-0.15, -0.1) is 0 Å². The van der Waals surface area contributed by atoms with Gasteiger partial charge < -0.3 is 24.8 Å². The fourth-order valence-electron chi connectivity index (χ4n) is 3.34. The summed E-state index contributed by atoms with van der Waals surface area (Å²) in [5.41, 5.74) is 0.881. The molecule has 0 radical (unpaired) electrons. The first-order valence-electron chi connectivity index (χ1n) is 10.9. The predicted molar refractivity (Wildman–Crippen MR) is 127 cm³/mol. The molecular formula is C23H32BN3O6. The monoisotopic (exact) mass is 457 g/mol. The minimum atomic E-state index is -0.887. The van der Waals surface area contributed by atoms with Gasteiger partial charge in [-0.2, -0.15) is 0 Å². The van der Waals surface area contributed by atoms with Gasteiger partial charge in [-0.3, -0.25) is 9.59 Å². The lowest BCUT2D eigenvalue weighted by molar-refractivity contribution is -0.145. The summed E-state index contributed by atoms with van der Waals surface area (Å²) in [5, 5.41) is 5.51. The maximum atomic E-state index is 13.1. The molecule has 1 aromatic rings. The van der Waals surface area contributed by atoms with Crippen LogP contribution < -0.4 is 15.4 Å². The van der Waals surface area contributed by atoms with Crippen molar-refractivity contribution < 1.29 is 28.5 Å². The van der Waals surface area contributed by atoms with Gasteiger partial charge >= 0.3 is 14.0 Å². The summed E-state index contributed by atoms with van der Waals surface area (Å²) in [4.78, 5) is 42.6. The molecule has 3 rings (SSSR count). The lowest BCUT2D eigenvalue weighted by Crippen LogP contribution is -2.53. The van der Waals surface area contributed by atoms with Crippen molar-refractivity contribution in [3.63, 3.8) is 0 Å². The number of fused-ring (bicyclic) bond motifs is 13.